The van der Waals surface area contributed by atoms with Crippen LogP contribution in [0.5, 0.6) is 0 Å². The Bertz CT molecular complexity index is 1810. The molecule has 10 atom stereocenters. The molecular formula is C58H100N4O12. The molecule has 16 nitrogen and oxygen atoms in total. The number of nitrogens with zero attached hydrogens (tertiary/aromatic N) is 3. The summed E-state index contributed by atoms with van der Waals surface area (Å²) in [5.74, 6) is 0.238. The van der Waals surface area contributed by atoms with Crippen LogP contribution in [0.25, 0.3) is 0 Å². The molecular weight excluding hydrogens is 945 g/mol. The Kier molecular flexibility index (Phi) is 34.0. The maximum Gasteiger partial charge on any atom is 0.248 e. The van der Waals surface area contributed by atoms with Crippen molar-refractivity contribution in [2.45, 2.75) is 189 Å². The van der Waals surface area contributed by atoms with Gasteiger partial charge >= 0.3 is 0 Å². The van der Waals surface area contributed by atoms with Crippen LogP contribution in [-0.2, 0) is 52.5 Å². The minimum absolute atomic E-state index is 0.0123. The van der Waals surface area contributed by atoms with Crippen molar-refractivity contribution in [3.8, 4) is 0 Å². The van der Waals surface area contributed by atoms with E-state index in [0.29, 0.717) is 57.8 Å². The molecule has 0 bridgehead atoms. The summed E-state index contributed by atoms with van der Waals surface area (Å²) in [6.45, 7) is 21.3. The van der Waals surface area contributed by atoms with Gasteiger partial charge in [-0.15, -0.1) is 0 Å². The van der Waals surface area contributed by atoms with Crippen molar-refractivity contribution in [1.82, 2.24) is 14.7 Å². The maximum absolute atomic E-state index is 13.6. The molecule has 1 aromatic rings. The van der Waals surface area contributed by atoms with Crippen LogP contribution >= 0.6 is 0 Å². The first-order valence-corrected chi connectivity index (χ1v) is 27.5. The van der Waals surface area contributed by atoms with Crippen molar-refractivity contribution in [3.05, 3.63) is 35.9 Å². The third kappa shape index (κ3) is 24.0. The Balaban J connectivity index is 0.000000745. The molecule has 0 saturated carbocycles. The van der Waals surface area contributed by atoms with E-state index in [1.165, 1.54) is 11.8 Å². The van der Waals surface area contributed by atoms with Gasteiger partial charge in [0.15, 0.2) is 5.78 Å². The molecule has 3 N–H and O–H groups in total. The van der Waals surface area contributed by atoms with Crippen LogP contribution < -0.4 is 5.73 Å². The van der Waals surface area contributed by atoms with Gasteiger partial charge in [0.2, 0.25) is 17.7 Å². The van der Waals surface area contributed by atoms with E-state index in [9.17, 15) is 38.7 Å². The number of hydrogen-bond donors (Lipinski definition) is 2. The second-order valence-electron chi connectivity index (χ2n) is 21.5. The molecule has 1 unspecified atom stereocenters. The average molecular weight is 1050 g/mol. The van der Waals surface area contributed by atoms with Crippen molar-refractivity contribution in [3.63, 3.8) is 0 Å². The van der Waals surface area contributed by atoms with Crippen LogP contribution in [0, 0.1) is 35.5 Å². The van der Waals surface area contributed by atoms with Crippen molar-refractivity contribution in [2.24, 2.45) is 41.2 Å². The number of carbonyl (C=O) groups is 7. The molecule has 3 amide bonds. The molecule has 1 aliphatic heterocycles. The summed E-state index contributed by atoms with van der Waals surface area (Å²) in [5.41, 5.74) is 6.06. The summed E-state index contributed by atoms with van der Waals surface area (Å²) >= 11 is 0. The van der Waals surface area contributed by atoms with Gasteiger partial charge in [0.05, 0.1) is 62.6 Å². The molecule has 1 saturated heterocycles. The van der Waals surface area contributed by atoms with Gasteiger partial charge in [-0.3, -0.25) is 33.6 Å². The Morgan fingerprint density at radius 3 is 1.86 bits per heavy atom. The van der Waals surface area contributed by atoms with Crippen LogP contribution in [0.2, 0.25) is 0 Å². The topological polar surface area (TPSA) is 212 Å². The SMILES string of the molecule is CC(C)C(C(=O)C[C@H](C)C(C)C)N(C)C(=O)COCCOCCCC(=O)CCCCCC(=O)CN.CC[C@H](C)[C@@H]([C@@H](CC(=O)N1CCC[C@H]1[C@H](OC)[C@@H](C)C(=O)C[C@H](C)[C@@H](O)c1ccccc1)OC)N(C)C(C)=O. The fraction of sp³-hybridized carbons (Fsp3) is 0.776. The number of carbonyl (C=O) groups excluding carboxylic acids is 7. The van der Waals surface area contributed by atoms with E-state index in [1.54, 1.807) is 33.2 Å². The molecule has 16 heteroatoms. The zero-order valence-corrected chi connectivity index (χ0v) is 48.1. The molecule has 1 heterocycles. The zero-order valence-electron chi connectivity index (χ0n) is 48.1. The lowest BCUT2D eigenvalue weighted by Crippen LogP contribution is -2.52. The Labute approximate surface area is 445 Å². The molecule has 424 valence electrons. The molecule has 0 radical (unpaired) electrons. The summed E-state index contributed by atoms with van der Waals surface area (Å²) in [7, 11) is 6.61. The number of methoxy groups -OCH3 is 2. The number of aliphatic hydroxyl groups excluding tert-OH is 1. The number of hydrogen-bond acceptors (Lipinski definition) is 13. The van der Waals surface area contributed by atoms with Crippen molar-refractivity contribution >= 4 is 40.9 Å². The first kappa shape index (κ1) is 68.1. The minimum Gasteiger partial charge on any atom is -0.388 e. The van der Waals surface area contributed by atoms with Gasteiger partial charge in [-0.2, -0.15) is 0 Å². The van der Waals surface area contributed by atoms with E-state index >= 15 is 0 Å². The quantitative estimate of drug-likeness (QED) is 0.0609. The number of ketones is 4. The average Bonchev–Trinajstić information content (AvgIpc) is 3.86. The zero-order chi connectivity index (χ0) is 56.1. The van der Waals surface area contributed by atoms with Crippen LogP contribution in [0.3, 0.4) is 0 Å². The number of rotatable bonds is 37. The Morgan fingerprint density at radius 2 is 1.31 bits per heavy atom. The summed E-state index contributed by atoms with van der Waals surface area (Å²) in [4.78, 5) is 92.6. The molecule has 0 aliphatic carbocycles. The van der Waals surface area contributed by atoms with Gasteiger partial charge in [-0.05, 0) is 67.3 Å². The first-order chi connectivity index (χ1) is 35.0. The van der Waals surface area contributed by atoms with E-state index in [4.69, 9.17) is 24.7 Å². The third-order valence-electron chi connectivity index (χ3n) is 15.1. The van der Waals surface area contributed by atoms with Gasteiger partial charge in [-0.25, -0.2) is 0 Å². The highest BCUT2D eigenvalue weighted by Gasteiger charge is 2.42. The van der Waals surface area contributed by atoms with Crippen molar-refractivity contribution in [1.29, 1.82) is 0 Å². The highest BCUT2D eigenvalue weighted by atomic mass is 16.5. The van der Waals surface area contributed by atoms with Gasteiger partial charge in [0.25, 0.3) is 0 Å². The predicted molar refractivity (Wildman–Crippen MR) is 290 cm³/mol. The summed E-state index contributed by atoms with van der Waals surface area (Å²) in [6, 6.07) is 8.48. The smallest absolute Gasteiger partial charge is 0.248 e. The van der Waals surface area contributed by atoms with Crippen molar-refractivity contribution in [2.75, 3.05) is 67.8 Å². The van der Waals surface area contributed by atoms with Crippen molar-refractivity contribution < 1.29 is 57.6 Å². The molecule has 74 heavy (non-hydrogen) atoms. The second kappa shape index (κ2) is 36.9. The van der Waals surface area contributed by atoms with Gasteiger partial charge in [-0.1, -0.05) is 105 Å². The number of nitrogens with two attached hydrogens (primary N) is 1. The number of aliphatic hydroxyl groups is 1. The van der Waals surface area contributed by atoms with Crippen LogP contribution in [0.1, 0.15) is 164 Å². The van der Waals surface area contributed by atoms with Crippen LogP contribution in [0.4, 0.5) is 0 Å². The number of likely N-dealkylation sites (tertiary alicyclic amines) is 1. The van der Waals surface area contributed by atoms with E-state index in [1.807, 2.05) is 62.9 Å². The number of benzene rings is 1. The number of ether oxygens (including phenoxy) is 4. The number of unbranched alkanes of at least 4 members (excludes halogenated alkanes) is 2. The highest BCUT2D eigenvalue weighted by Crippen LogP contribution is 2.32. The standard InChI is InChI=1S/C31H50N2O6.C27H50N2O6/c1-9-20(2)29(32(6)23(5)34)27(38-7)19-28(36)33-17-13-16-25(33)31(39-8)22(4)26(35)18-21(3)30(37)24-14-11-10-12-15-24;1-20(2)22(5)17-25(32)27(21(3)4)29(6)26(33)19-35-16-15-34-14-10-13-23(30)11-8-7-9-12-24(31)18-28/h10-12,14-15,20-22,25,27,29-31,37H,9,13,16-19H2,1-8H3;20-22,27H,7-19,28H2,1-6H3/t20-,21-,22-,25-,27+,29-,30+,31+;22-,27?/m00/s1. The minimum atomic E-state index is -0.731. The molecule has 1 fully saturated rings. The Hall–Kier alpha value is -3.93. The van der Waals surface area contributed by atoms with Gasteiger partial charge in [0, 0.05) is 86.4 Å². The maximum atomic E-state index is 13.6. The highest BCUT2D eigenvalue weighted by molar-refractivity contribution is 5.89. The number of likely N-dealkylation sites (N-methyl/N-ethyl adjacent to an activating group) is 2. The predicted octanol–water partition coefficient (Wildman–Crippen LogP) is 7.84. The molecule has 0 aromatic heterocycles. The molecule has 1 aliphatic rings. The third-order valence-corrected chi connectivity index (χ3v) is 15.1. The molecule has 1 aromatic carbocycles. The largest absolute Gasteiger partial charge is 0.388 e. The molecule has 0 spiro atoms. The monoisotopic (exact) mass is 1040 g/mol. The normalized spacial score (nSPS) is 17.3. The Morgan fingerprint density at radius 1 is 0.716 bits per heavy atom. The second-order valence-corrected chi connectivity index (χ2v) is 21.5. The summed E-state index contributed by atoms with van der Waals surface area (Å²) in [6.07, 6.45) is 6.27. The first-order valence-electron chi connectivity index (χ1n) is 27.5. The lowest BCUT2D eigenvalue weighted by Gasteiger charge is -2.39. The van der Waals surface area contributed by atoms with Crippen LogP contribution in [-0.4, -0.2) is 159 Å². The lowest BCUT2D eigenvalue weighted by molar-refractivity contribution is -0.145. The summed E-state index contributed by atoms with van der Waals surface area (Å²) in [5, 5.41) is 10.8. The fourth-order valence-corrected chi connectivity index (χ4v) is 9.76. The van der Waals surface area contributed by atoms with E-state index < -0.39 is 30.3 Å². The number of amides is 3. The lowest BCUT2D eigenvalue weighted by atomic mass is 9.85. The van der Waals surface area contributed by atoms with Crippen LogP contribution in [0.15, 0.2) is 30.3 Å². The summed E-state index contributed by atoms with van der Waals surface area (Å²) < 4.78 is 22.6. The van der Waals surface area contributed by atoms with Gasteiger partial charge in [0.1, 0.15) is 24.0 Å². The number of Topliss-reactive ketones (excluding diaryl/α,β-unsaturated/α-hetero) is 4. The fourth-order valence-electron chi connectivity index (χ4n) is 9.76. The van der Waals surface area contributed by atoms with E-state index in [0.717, 1.165) is 44.1 Å². The van der Waals surface area contributed by atoms with E-state index in [-0.39, 0.29) is 109 Å². The van der Waals surface area contributed by atoms with Gasteiger partial charge < -0.3 is 44.5 Å². The van der Waals surface area contributed by atoms with E-state index in [2.05, 4.69) is 34.6 Å². The molecule has 2 rings (SSSR count).